The second-order valence-corrected chi connectivity index (χ2v) is 6.16. The highest BCUT2D eigenvalue weighted by molar-refractivity contribution is 7.90. The van der Waals surface area contributed by atoms with Crippen molar-refractivity contribution in [2.45, 2.75) is 24.1 Å². The third-order valence-electron chi connectivity index (χ3n) is 2.63. The average molecular weight is 361 g/mol. The van der Waals surface area contributed by atoms with Gasteiger partial charge in [0.25, 0.3) is 5.91 Å². The van der Waals surface area contributed by atoms with Gasteiger partial charge < -0.3 is 5.11 Å². The topological polar surface area (TPSA) is 95.5 Å². The van der Waals surface area contributed by atoms with Crippen LogP contribution in [0.1, 0.15) is 5.56 Å². The molecule has 0 aliphatic rings. The van der Waals surface area contributed by atoms with Crippen molar-refractivity contribution >= 4 is 27.7 Å². The number of nitrogens with one attached hydrogen (secondary N) is 2. The summed E-state index contributed by atoms with van der Waals surface area (Å²) in [5.41, 5.74) is -5.03. The summed E-state index contributed by atoms with van der Waals surface area (Å²) in [5, 5.41) is 9.68. The SMILES string of the molecule is O=C(NS(=O)(=O)C(F)(F)F)[C@@H](O)[C@H](Cc1ccccc1)NCl. The minimum Gasteiger partial charge on any atom is -0.382 e. The molecular weight excluding hydrogens is 349 g/mol. The Morgan fingerprint density at radius 1 is 1.27 bits per heavy atom. The van der Waals surface area contributed by atoms with Gasteiger partial charge in [0.2, 0.25) is 0 Å². The molecule has 124 valence electrons. The fourth-order valence-electron chi connectivity index (χ4n) is 1.51. The van der Waals surface area contributed by atoms with Crippen molar-refractivity contribution in [2.24, 2.45) is 0 Å². The zero-order valence-corrected chi connectivity index (χ0v) is 12.4. The normalized spacial score (nSPS) is 15.1. The molecule has 1 aromatic rings. The molecule has 0 unspecified atom stereocenters. The zero-order chi connectivity index (χ0) is 17.0. The molecule has 1 aromatic carbocycles. The van der Waals surface area contributed by atoms with Crippen LogP contribution in [0.3, 0.4) is 0 Å². The number of rotatable bonds is 6. The molecule has 1 amide bonds. The van der Waals surface area contributed by atoms with Gasteiger partial charge in [0.05, 0.1) is 6.04 Å². The molecule has 11 heteroatoms. The Morgan fingerprint density at radius 2 is 1.82 bits per heavy atom. The number of carbonyl (C=O) groups excluding carboxylic acids is 1. The van der Waals surface area contributed by atoms with Crippen molar-refractivity contribution in [3.05, 3.63) is 35.9 Å². The maximum Gasteiger partial charge on any atom is 0.516 e. The van der Waals surface area contributed by atoms with Crippen LogP contribution in [-0.4, -0.2) is 37.1 Å². The summed E-state index contributed by atoms with van der Waals surface area (Å²) in [6.07, 6.45) is -2.11. The maximum atomic E-state index is 12.2. The van der Waals surface area contributed by atoms with Gasteiger partial charge in [0, 0.05) is 0 Å². The van der Waals surface area contributed by atoms with Crippen LogP contribution >= 0.6 is 11.8 Å². The van der Waals surface area contributed by atoms with Crippen LogP contribution in [0.2, 0.25) is 0 Å². The summed E-state index contributed by atoms with van der Waals surface area (Å²) in [7, 11) is -5.89. The number of halogens is 4. The number of aliphatic hydroxyl groups is 1. The lowest BCUT2D eigenvalue weighted by molar-refractivity contribution is -0.129. The lowest BCUT2D eigenvalue weighted by Gasteiger charge is -2.21. The Balaban J connectivity index is 2.80. The Labute approximate surface area is 129 Å². The van der Waals surface area contributed by atoms with Gasteiger partial charge in [0.15, 0.2) is 6.10 Å². The fourth-order valence-corrected chi connectivity index (χ4v) is 2.21. The van der Waals surface area contributed by atoms with E-state index >= 15 is 0 Å². The first-order valence-electron chi connectivity index (χ1n) is 5.79. The number of aliphatic hydroxyl groups excluding tert-OH is 1. The van der Waals surface area contributed by atoms with Gasteiger partial charge in [-0.05, 0) is 23.8 Å². The van der Waals surface area contributed by atoms with Gasteiger partial charge in [-0.3, -0.25) is 4.79 Å². The number of alkyl halides is 3. The number of hydrogen-bond donors (Lipinski definition) is 3. The summed E-state index contributed by atoms with van der Waals surface area (Å²) in [6.45, 7) is 0. The Morgan fingerprint density at radius 3 is 2.27 bits per heavy atom. The first-order valence-corrected chi connectivity index (χ1v) is 7.65. The number of sulfonamides is 1. The van der Waals surface area contributed by atoms with Crippen molar-refractivity contribution in [2.75, 3.05) is 0 Å². The molecule has 22 heavy (non-hydrogen) atoms. The van der Waals surface area contributed by atoms with E-state index in [9.17, 15) is 31.5 Å². The van der Waals surface area contributed by atoms with Gasteiger partial charge in [-0.25, -0.2) is 9.56 Å². The number of benzene rings is 1. The monoisotopic (exact) mass is 360 g/mol. The molecule has 1 rings (SSSR count). The lowest BCUT2D eigenvalue weighted by Crippen LogP contribution is -2.51. The van der Waals surface area contributed by atoms with Gasteiger partial charge in [-0.1, -0.05) is 30.3 Å². The second-order valence-electron chi connectivity index (χ2n) is 4.27. The van der Waals surface area contributed by atoms with Crippen LogP contribution in [0.5, 0.6) is 0 Å². The molecule has 0 saturated carbocycles. The van der Waals surface area contributed by atoms with Crippen LogP contribution in [0, 0.1) is 0 Å². The Kier molecular flexibility index (Phi) is 6.17. The number of hydrogen-bond acceptors (Lipinski definition) is 5. The van der Waals surface area contributed by atoms with E-state index in [1.807, 2.05) is 4.84 Å². The second kappa shape index (κ2) is 7.27. The molecule has 0 aliphatic heterocycles. The summed E-state index contributed by atoms with van der Waals surface area (Å²) < 4.78 is 58.9. The molecule has 0 aromatic heterocycles. The number of amides is 1. The first-order chi connectivity index (χ1) is 10.1. The predicted octanol–water partition coefficient (Wildman–Crippen LogP) is 0.668. The van der Waals surface area contributed by atoms with Gasteiger partial charge in [-0.15, -0.1) is 0 Å². The highest BCUT2D eigenvalue weighted by atomic mass is 35.5. The summed E-state index contributed by atoms with van der Waals surface area (Å²) >= 11 is 5.36. The third-order valence-corrected chi connectivity index (χ3v) is 3.99. The quantitative estimate of drug-likeness (QED) is 0.648. The minimum atomic E-state index is -5.89. The summed E-state index contributed by atoms with van der Waals surface area (Å²) in [5.74, 6) is -1.73. The van der Waals surface area contributed by atoms with Gasteiger partial charge in [-0.2, -0.15) is 21.6 Å². The van der Waals surface area contributed by atoms with Crippen LogP contribution < -0.4 is 9.56 Å². The standard InChI is InChI=1S/C11H12ClF3N2O4S/c12-16-8(6-7-4-2-1-3-5-7)9(18)10(19)17-22(20,21)11(13,14)15/h1-5,8-9,16,18H,6H2,(H,17,19)/t8-,9-/m0/s1. The molecule has 6 nitrogen and oxygen atoms in total. The molecular formula is C11H12ClF3N2O4S. The smallest absolute Gasteiger partial charge is 0.382 e. The van der Waals surface area contributed by atoms with E-state index in [0.717, 1.165) is 4.72 Å². The summed E-state index contributed by atoms with van der Waals surface area (Å²) in [4.78, 5) is 13.5. The van der Waals surface area contributed by atoms with Crippen LogP contribution in [0.25, 0.3) is 0 Å². The van der Waals surface area contributed by atoms with Gasteiger partial charge in [0.1, 0.15) is 0 Å². The van der Waals surface area contributed by atoms with Crippen molar-refractivity contribution in [1.82, 2.24) is 9.56 Å². The van der Waals surface area contributed by atoms with E-state index in [4.69, 9.17) is 11.8 Å². The van der Waals surface area contributed by atoms with Gasteiger partial charge >= 0.3 is 15.5 Å². The first kappa shape index (κ1) is 18.7. The number of carbonyl (C=O) groups is 1. The maximum absolute atomic E-state index is 12.2. The van der Waals surface area contributed by atoms with E-state index in [0.29, 0.717) is 5.56 Å². The van der Waals surface area contributed by atoms with E-state index in [1.54, 1.807) is 30.3 Å². The molecule has 0 heterocycles. The predicted molar refractivity (Wildman–Crippen MR) is 72.0 cm³/mol. The molecule has 0 spiro atoms. The molecule has 0 bridgehead atoms. The van der Waals surface area contributed by atoms with Crippen molar-refractivity contribution in [3.63, 3.8) is 0 Å². The van der Waals surface area contributed by atoms with Crippen molar-refractivity contribution in [1.29, 1.82) is 0 Å². The van der Waals surface area contributed by atoms with E-state index in [1.165, 1.54) is 0 Å². The summed E-state index contributed by atoms with van der Waals surface area (Å²) in [6, 6.07) is 7.14. The molecule has 3 N–H and O–H groups in total. The highest BCUT2D eigenvalue weighted by Crippen LogP contribution is 2.21. The fraction of sp³-hybridized carbons (Fsp3) is 0.364. The lowest BCUT2D eigenvalue weighted by atomic mass is 10.0. The minimum absolute atomic E-state index is 0.00894. The Bertz CT molecular complexity index is 610. The van der Waals surface area contributed by atoms with E-state index in [2.05, 4.69) is 0 Å². The average Bonchev–Trinajstić information content (AvgIpc) is 2.43. The van der Waals surface area contributed by atoms with E-state index < -0.39 is 33.6 Å². The van der Waals surface area contributed by atoms with Crippen LogP contribution in [0.4, 0.5) is 13.2 Å². The van der Waals surface area contributed by atoms with Crippen LogP contribution in [-0.2, 0) is 21.2 Å². The van der Waals surface area contributed by atoms with Crippen molar-refractivity contribution < 1.29 is 31.5 Å². The van der Waals surface area contributed by atoms with Crippen molar-refractivity contribution in [3.8, 4) is 0 Å². The van der Waals surface area contributed by atoms with E-state index in [-0.39, 0.29) is 6.42 Å². The zero-order valence-electron chi connectivity index (χ0n) is 10.8. The molecule has 0 saturated heterocycles. The highest BCUT2D eigenvalue weighted by Gasteiger charge is 2.48. The molecule has 0 radical (unpaired) electrons. The Hall–Kier alpha value is -1.36. The molecule has 0 fully saturated rings. The molecule has 0 aliphatic carbocycles. The third kappa shape index (κ3) is 4.83. The molecule has 2 atom stereocenters. The van der Waals surface area contributed by atoms with Crippen LogP contribution in [0.15, 0.2) is 30.3 Å². The largest absolute Gasteiger partial charge is 0.516 e.